The first-order valence-corrected chi connectivity index (χ1v) is 5.68. The number of nitrogens with zero attached hydrogens (tertiary/aromatic N) is 1. The van der Waals surface area contributed by atoms with E-state index in [2.05, 4.69) is 10.3 Å². The lowest BCUT2D eigenvalue weighted by Crippen LogP contribution is -2.15. The number of benzene rings is 1. The predicted molar refractivity (Wildman–Crippen MR) is 70.3 cm³/mol. The van der Waals surface area contributed by atoms with Crippen LogP contribution in [0.5, 0.6) is 11.5 Å². The smallest absolute Gasteiger partial charge is 0.163 e. The number of fused-ring (bicyclic) bond motifs is 1. The zero-order chi connectivity index (χ0) is 12.4. The van der Waals surface area contributed by atoms with Crippen LogP contribution in [0.25, 0.3) is 0 Å². The highest BCUT2D eigenvalue weighted by molar-refractivity contribution is 6.32. The first-order chi connectivity index (χ1) is 8.81. The molecule has 0 saturated carbocycles. The van der Waals surface area contributed by atoms with E-state index in [1.807, 2.05) is 24.3 Å². The third-order valence-corrected chi connectivity index (χ3v) is 2.59. The van der Waals surface area contributed by atoms with Gasteiger partial charge in [0.2, 0.25) is 0 Å². The van der Waals surface area contributed by atoms with Crippen LogP contribution in [0.2, 0.25) is 0 Å². The summed E-state index contributed by atoms with van der Waals surface area (Å²) in [5.74, 6) is 1.53. The average Bonchev–Trinajstić information content (AvgIpc) is 2.39. The lowest BCUT2D eigenvalue weighted by atomic mass is 9.99. The van der Waals surface area contributed by atoms with Gasteiger partial charge in [-0.2, -0.15) is 0 Å². The maximum atomic E-state index is 5.68. The van der Waals surface area contributed by atoms with E-state index in [1.54, 1.807) is 12.4 Å². The van der Waals surface area contributed by atoms with E-state index in [0.29, 0.717) is 18.7 Å². The predicted octanol–water partition coefficient (Wildman–Crippen LogP) is 1.39. The highest BCUT2D eigenvalue weighted by Crippen LogP contribution is 2.33. The van der Waals surface area contributed by atoms with Gasteiger partial charge in [0.05, 0.1) is 11.9 Å². The first kappa shape index (κ1) is 11.0. The Bertz CT molecular complexity index is 575. The Morgan fingerprint density at radius 3 is 2.67 bits per heavy atom. The van der Waals surface area contributed by atoms with Crippen LogP contribution in [-0.2, 0) is 0 Å². The van der Waals surface area contributed by atoms with Crippen molar-refractivity contribution in [2.75, 3.05) is 18.5 Å². The van der Waals surface area contributed by atoms with Crippen LogP contribution < -0.4 is 20.3 Å². The van der Waals surface area contributed by atoms with E-state index < -0.39 is 0 Å². The third kappa shape index (κ3) is 2.25. The minimum absolute atomic E-state index is 0.580. The van der Waals surface area contributed by atoms with E-state index in [0.717, 1.165) is 22.9 Å². The molecule has 0 amide bonds. The van der Waals surface area contributed by atoms with Crippen LogP contribution in [-0.4, -0.2) is 26.0 Å². The molecule has 1 aliphatic heterocycles. The second-order valence-electron chi connectivity index (χ2n) is 3.99. The zero-order valence-corrected chi connectivity index (χ0v) is 9.72. The normalized spacial score (nSPS) is 13.1. The Hall–Kier alpha value is -2.17. The molecule has 2 aromatic rings. The molecule has 5 heteroatoms. The third-order valence-electron chi connectivity index (χ3n) is 2.59. The van der Waals surface area contributed by atoms with E-state index >= 15 is 0 Å². The highest BCUT2D eigenvalue weighted by atomic mass is 16.6. The molecule has 4 nitrogen and oxygen atoms in total. The number of hydrogen-bond donors (Lipinski definition) is 1. The molecular formula is C13H11BN2O2. The monoisotopic (exact) mass is 238 g/mol. The Morgan fingerprint density at radius 2 is 1.83 bits per heavy atom. The first-order valence-electron chi connectivity index (χ1n) is 5.68. The molecule has 0 spiro atoms. The fraction of sp³-hybridized carbons (Fsp3) is 0.154. The highest BCUT2D eigenvalue weighted by Gasteiger charge is 2.11. The van der Waals surface area contributed by atoms with Gasteiger partial charge >= 0.3 is 0 Å². The molecule has 3 rings (SSSR count). The van der Waals surface area contributed by atoms with Crippen molar-refractivity contribution in [3.05, 3.63) is 36.7 Å². The van der Waals surface area contributed by atoms with Crippen molar-refractivity contribution in [3.8, 4) is 11.5 Å². The number of hydrogen-bond acceptors (Lipinski definition) is 4. The van der Waals surface area contributed by atoms with Crippen LogP contribution in [0.1, 0.15) is 0 Å². The Balaban J connectivity index is 1.85. The molecule has 2 radical (unpaired) electrons. The summed E-state index contributed by atoms with van der Waals surface area (Å²) in [5, 5.41) is 3.22. The minimum atomic E-state index is 0.580. The lowest BCUT2D eigenvalue weighted by molar-refractivity contribution is 0.171. The van der Waals surface area contributed by atoms with Crippen molar-refractivity contribution < 1.29 is 9.47 Å². The van der Waals surface area contributed by atoms with Gasteiger partial charge in [-0.1, -0.05) is 5.46 Å². The Morgan fingerprint density at radius 1 is 1.00 bits per heavy atom. The molecule has 18 heavy (non-hydrogen) atoms. The Labute approximate surface area is 106 Å². The van der Waals surface area contributed by atoms with Crippen molar-refractivity contribution in [1.29, 1.82) is 0 Å². The largest absolute Gasteiger partial charge is 0.486 e. The number of anilines is 2. The molecule has 0 saturated heterocycles. The van der Waals surface area contributed by atoms with Gasteiger partial charge in [-0.05, 0) is 18.2 Å². The van der Waals surface area contributed by atoms with Gasteiger partial charge in [0.25, 0.3) is 0 Å². The van der Waals surface area contributed by atoms with Crippen molar-refractivity contribution in [1.82, 2.24) is 4.98 Å². The summed E-state index contributed by atoms with van der Waals surface area (Å²) in [6, 6.07) is 7.54. The van der Waals surface area contributed by atoms with Crippen LogP contribution >= 0.6 is 0 Å². The van der Waals surface area contributed by atoms with Gasteiger partial charge < -0.3 is 14.8 Å². The van der Waals surface area contributed by atoms with Crippen LogP contribution in [0.15, 0.2) is 36.7 Å². The maximum absolute atomic E-state index is 5.68. The van der Waals surface area contributed by atoms with Gasteiger partial charge in [0.15, 0.2) is 11.5 Å². The summed E-state index contributed by atoms with van der Waals surface area (Å²) in [4.78, 5) is 4.02. The summed E-state index contributed by atoms with van der Waals surface area (Å²) in [7, 11) is 5.68. The van der Waals surface area contributed by atoms with Gasteiger partial charge in [-0.15, -0.1) is 0 Å². The number of ether oxygens (including phenoxy) is 2. The van der Waals surface area contributed by atoms with Crippen molar-refractivity contribution in [3.63, 3.8) is 0 Å². The number of nitrogens with one attached hydrogen (secondary N) is 1. The van der Waals surface area contributed by atoms with E-state index in [9.17, 15) is 0 Å². The minimum Gasteiger partial charge on any atom is -0.486 e. The number of rotatable bonds is 2. The van der Waals surface area contributed by atoms with E-state index in [1.165, 1.54) is 0 Å². The van der Waals surface area contributed by atoms with Crippen molar-refractivity contribution >= 4 is 24.7 Å². The maximum Gasteiger partial charge on any atom is 0.163 e. The van der Waals surface area contributed by atoms with E-state index in [4.69, 9.17) is 17.3 Å². The molecule has 88 valence electrons. The van der Waals surface area contributed by atoms with Gasteiger partial charge in [0, 0.05) is 18.0 Å². The van der Waals surface area contributed by atoms with Crippen molar-refractivity contribution in [2.24, 2.45) is 0 Å². The van der Waals surface area contributed by atoms with Crippen LogP contribution in [0.3, 0.4) is 0 Å². The van der Waals surface area contributed by atoms with Gasteiger partial charge in [0.1, 0.15) is 21.1 Å². The van der Waals surface area contributed by atoms with Crippen LogP contribution in [0.4, 0.5) is 11.4 Å². The molecule has 0 bridgehead atoms. The summed E-state index contributed by atoms with van der Waals surface area (Å²) >= 11 is 0. The molecule has 0 atom stereocenters. The Kier molecular flexibility index (Phi) is 2.80. The van der Waals surface area contributed by atoms with Crippen LogP contribution in [0, 0.1) is 0 Å². The number of aromatic nitrogens is 1. The van der Waals surface area contributed by atoms with Crippen molar-refractivity contribution in [2.45, 2.75) is 0 Å². The average molecular weight is 238 g/mol. The fourth-order valence-electron chi connectivity index (χ4n) is 1.81. The fourth-order valence-corrected chi connectivity index (χ4v) is 1.81. The second kappa shape index (κ2) is 4.60. The molecule has 2 heterocycles. The molecule has 1 aliphatic rings. The lowest BCUT2D eigenvalue weighted by Gasteiger charge is -2.19. The molecular weight excluding hydrogens is 227 g/mol. The standard InChI is InChI=1S/C13H11BN2O2/c14-9-5-11(8-15-7-9)16-10-1-2-12-13(6-10)18-4-3-17-12/h1-2,5-8,16H,3-4H2. The molecule has 0 aliphatic carbocycles. The molecule has 0 fully saturated rings. The second-order valence-corrected chi connectivity index (χ2v) is 3.99. The quantitative estimate of drug-likeness (QED) is 0.803. The topological polar surface area (TPSA) is 43.4 Å². The molecule has 1 N–H and O–H groups in total. The SMILES string of the molecule is [B]c1cncc(Nc2ccc3c(c2)OCCO3)c1. The van der Waals surface area contributed by atoms with Gasteiger partial charge in [-0.25, -0.2) is 0 Å². The van der Waals surface area contributed by atoms with Gasteiger partial charge in [-0.3, -0.25) is 4.98 Å². The summed E-state index contributed by atoms with van der Waals surface area (Å²) in [6.07, 6.45) is 3.32. The summed E-state index contributed by atoms with van der Waals surface area (Å²) in [6.45, 7) is 1.18. The van der Waals surface area contributed by atoms with E-state index in [-0.39, 0.29) is 0 Å². The number of pyridine rings is 1. The molecule has 0 unspecified atom stereocenters. The molecule has 1 aromatic carbocycles. The summed E-state index contributed by atoms with van der Waals surface area (Å²) in [5.41, 5.74) is 2.37. The zero-order valence-electron chi connectivity index (χ0n) is 9.72. The molecule has 1 aromatic heterocycles. The summed E-state index contributed by atoms with van der Waals surface area (Å²) < 4.78 is 11.0.